The number of carbonyl (C=O) groups excluding carboxylic acids is 1. The van der Waals surface area contributed by atoms with Gasteiger partial charge in [0, 0.05) is 23.7 Å². The van der Waals surface area contributed by atoms with Crippen LogP contribution in [0.15, 0.2) is 24.3 Å². The van der Waals surface area contributed by atoms with Crippen LogP contribution in [0.2, 0.25) is 5.02 Å². The summed E-state index contributed by atoms with van der Waals surface area (Å²) in [7, 11) is 0. The molecule has 0 radical (unpaired) electrons. The van der Waals surface area contributed by atoms with E-state index in [2.05, 4.69) is 4.90 Å². The predicted octanol–water partition coefficient (Wildman–Crippen LogP) is 2.65. The van der Waals surface area contributed by atoms with Crippen LogP contribution in [0.5, 0.6) is 0 Å². The van der Waals surface area contributed by atoms with Gasteiger partial charge in [-0.2, -0.15) is 0 Å². The van der Waals surface area contributed by atoms with Gasteiger partial charge >= 0.3 is 5.97 Å². The molecule has 1 aliphatic heterocycles. The number of likely N-dealkylation sites (tertiary alicyclic amines) is 1. The van der Waals surface area contributed by atoms with Crippen LogP contribution in [-0.2, 0) is 9.53 Å². The molecule has 0 saturated carbocycles. The zero-order valence-electron chi connectivity index (χ0n) is 12.3. The number of halogens is 1. The van der Waals surface area contributed by atoms with E-state index in [-0.39, 0.29) is 11.9 Å². The summed E-state index contributed by atoms with van der Waals surface area (Å²) >= 11 is 6.10. The minimum atomic E-state index is -0.639. The summed E-state index contributed by atoms with van der Waals surface area (Å²) in [4.78, 5) is 13.9. The first-order valence-corrected chi connectivity index (χ1v) is 7.81. The molecule has 116 valence electrons. The van der Waals surface area contributed by atoms with Crippen LogP contribution >= 0.6 is 11.6 Å². The van der Waals surface area contributed by atoms with Gasteiger partial charge in [-0.05, 0) is 32.4 Å². The molecule has 2 atom stereocenters. The van der Waals surface area contributed by atoms with E-state index < -0.39 is 6.10 Å². The van der Waals surface area contributed by atoms with Crippen molar-refractivity contribution in [2.24, 2.45) is 5.92 Å². The Hall–Kier alpha value is -1.10. The Kier molecular flexibility index (Phi) is 6.03. The standard InChI is InChI=1S/C16H22ClNO3/c1-2-21-16(20)12-6-5-9-18(10-12)11-15(19)13-7-3-4-8-14(13)17/h3-4,7-8,12,15,19H,2,5-6,9-11H2,1H3. The summed E-state index contributed by atoms with van der Waals surface area (Å²) in [5, 5.41) is 10.9. The van der Waals surface area contributed by atoms with E-state index in [0.29, 0.717) is 24.7 Å². The van der Waals surface area contributed by atoms with Gasteiger partial charge in [0.1, 0.15) is 0 Å². The number of hydrogen-bond acceptors (Lipinski definition) is 4. The van der Waals surface area contributed by atoms with Crippen molar-refractivity contribution < 1.29 is 14.6 Å². The topological polar surface area (TPSA) is 49.8 Å². The number of aliphatic hydroxyl groups excluding tert-OH is 1. The fourth-order valence-electron chi connectivity index (χ4n) is 2.76. The molecule has 1 N–H and O–H groups in total. The maximum Gasteiger partial charge on any atom is 0.310 e. The largest absolute Gasteiger partial charge is 0.466 e. The van der Waals surface area contributed by atoms with Gasteiger partial charge in [-0.3, -0.25) is 9.69 Å². The Bertz CT molecular complexity index is 480. The molecule has 1 aromatic carbocycles. The lowest BCUT2D eigenvalue weighted by atomic mass is 9.97. The maximum atomic E-state index is 11.8. The molecule has 2 unspecified atom stereocenters. The van der Waals surface area contributed by atoms with Crippen LogP contribution < -0.4 is 0 Å². The smallest absolute Gasteiger partial charge is 0.310 e. The number of hydrogen-bond donors (Lipinski definition) is 1. The SMILES string of the molecule is CCOC(=O)C1CCCN(CC(O)c2ccccc2Cl)C1. The van der Waals surface area contributed by atoms with E-state index in [9.17, 15) is 9.90 Å². The molecular weight excluding hydrogens is 290 g/mol. The lowest BCUT2D eigenvalue weighted by Crippen LogP contribution is -2.41. The predicted molar refractivity (Wildman–Crippen MR) is 82.2 cm³/mol. The molecule has 0 aliphatic carbocycles. The lowest BCUT2D eigenvalue weighted by molar-refractivity contribution is -0.150. The summed E-state index contributed by atoms with van der Waals surface area (Å²) in [6, 6.07) is 7.32. The van der Waals surface area contributed by atoms with Crippen molar-refractivity contribution in [1.29, 1.82) is 0 Å². The zero-order chi connectivity index (χ0) is 15.2. The third kappa shape index (κ3) is 4.43. The summed E-state index contributed by atoms with van der Waals surface area (Å²) in [6.45, 7) is 4.24. The molecule has 4 nitrogen and oxygen atoms in total. The summed E-state index contributed by atoms with van der Waals surface area (Å²) in [5.41, 5.74) is 0.734. The number of ether oxygens (including phenoxy) is 1. The summed E-state index contributed by atoms with van der Waals surface area (Å²) < 4.78 is 5.09. The van der Waals surface area contributed by atoms with Crippen LogP contribution in [0.4, 0.5) is 0 Å². The van der Waals surface area contributed by atoms with Gasteiger partial charge in [0.25, 0.3) is 0 Å². The van der Waals surface area contributed by atoms with Gasteiger partial charge in [0.05, 0.1) is 18.6 Å². The highest BCUT2D eigenvalue weighted by Gasteiger charge is 2.28. The molecule has 0 spiro atoms. The second-order valence-corrected chi connectivity index (χ2v) is 5.80. The highest BCUT2D eigenvalue weighted by atomic mass is 35.5. The third-order valence-electron chi connectivity index (χ3n) is 3.82. The van der Waals surface area contributed by atoms with Crippen molar-refractivity contribution in [2.75, 3.05) is 26.2 Å². The number of aliphatic hydroxyl groups is 1. The Morgan fingerprint density at radius 1 is 1.52 bits per heavy atom. The molecular formula is C16H22ClNO3. The second-order valence-electron chi connectivity index (χ2n) is 5.39. The minimum Gasteiger partial charge on any atom is -0.466 e. The van der Waals surface area contributed by atoms with E-state index in [0.717, 1.165) is 24.9 Å². The lowest BCUT2D eigenvalue weighted by Gasteiger charge is -2.32. The van der Waals surface area contributed by atoms with E-state index in [1.165, 1.54) is 0 Å². The second kappa shape index (κ2) is 7.78. The van der Waals surface area contributed by atoms with Crippen molar-refractivity contribution in [3.8, 4) is 0 Å². The quantitative estimate of drug-likeness (QED) is 0.849. The zero-order valence-corrected chi connectivity index (χ0v) is 13.1. The van der Waals surface area contributed by atoms with Gasteiger partial charge in [-0.1, -0.05) is 29.8 Å². The van der Waals surface area contributed by atoms with Crippen LogP contribution in [0, 0.1) is 5.92 Å². The van der Waals surface area contributed by atoms with Gasteiger partial charge < -0.3 is 9.84 Å². The highest BCUT2D eigenvalue weighted by molar-refractivity contribution is 6.31. The van der Waals surface area contributed by atoms with Crippen molar-refractivity contribution >= 4 is 17.6 Å². The molecule has 0 bridgehead atoms. The molecule has 1 saturated heterocycles. The first-order chi connectivity index (χ1) is 10.1. The number of piperidine rings is 1. The molecule has 21 heavy (non-hydrogen) atoms. The molecule has 0 aromatic heterocycles. The normalized spacial score (nSPS) is 21.0. The molecule has 1 aromatic rings. The van der Waals surface area contributed by atoms with Crippen molar-refractivity contribution in [3.05, 3.63) is 34.9 Å². The van der Waals surface area contributed by atoms with Gasteiger partial charge in [-0.15, -0.1) is 0 Å². The van der Waals surface area contributed by atoms with Gasteiger partial charge in [0.2, 0.25) is 0 Å². The molecule has 0 amide bonds. The third-order valence-corrected chi connectivity index (χ3v) is 4.17. The fraction of sp³-hybridized carbons (Fsp3) is 0.562. The first-order valence-electron chi connectivity index (χ1n) is 7.43. The van der Waals surface area contributed by atoms with Gasteiger partial charge in [-0.25, -0.2) is 0 Å². The molecule has 1 heterocycles. The Morgan fingerprint density at radius 3 is 3.00 bits per heavy atom. The maximum absolute atomic E-state index is 11.8. The number of β-amino-alcohol motifs (C(OH)–C–C–N with tert-alkyl or cyclic N) is 1. The summed E-state index contributed by atoms with van der Waals surface area (Å²) in [6.07, 6.45) is 1.16. The van der Waals surface area contributed by atoms with Gasteiger partial charge in [0.15, 0.2) is 0 Å². The fourth-order valence-corrected chi connectivity index (χ4v) is 3.02. The average Bonchev–Trinajstić information content (AvgIpc) is 2.48. The number of carbonyl (C=O) groups is 1. The average molecular weight is 312 g/mol. The highest BCUT2D eigenvalue weighted by Crippen LogP contribution is 2.25. The Labute approximate surface area is 130 Å². The minimum absolute atomic E-state index is 0.0860. The molecule has 5 heteroatoms. The Morgan fingerprint density at radius 2 is 2.29 bits per heavy atom. The first kappa shape index (κ1) is 16.3. The molecule has 1 fully saturated rings. The number of esters is 1. The number of rotatable bonds is 5. The molecule has 2 rings (SSSR count). The van der Waals surface area contributed by atoms with E-state index in [4.69, 9.17) is 16.3 Å². The Balaban J connectivity index is 1.93. The van der Waals surface area contributed by atoms with E-state index in [1.54, 1.807) is 6.07 Å². The van der Waals surface area contributed by atoms with Crippen LogP contribution in [0.1, 0.15) is 31.4 Å². The van der Waals surface area contributed by atoms with E-state index >= 15 is 0 Å². The van der Waals surface area contributed by atoms with Crippen LogP contribution in [-0.4, -0.2) is 42.2 Å². The van der Waals surface area contributed by atoms with Crippen LogP contribution in [0.3, 0.4) is 0 Å². The van der Waals surface area contributed by atoms with E-state index in [1.807, 2.05) is 25.1 Å². The number of benzene rings is 1. The van der Waals surface area contributed by atoms with Crippen molar-refractivity contribution in [1.82, 2.24) is 4.90 Å². The monoisotopic (exact) mass is 311 g/mol. The summed E-state index contributed by atoms with van der Waals surface area (Å²) in [5.74, 6) is -0.216. The number of nitrogens with zero attached hydrogens (tertiary/aromatic N) is 1. The molecule has 1 aliphatic rings. The van der Waals surface area contributed by atoms with Crippen LogP contribution in [0.25, 0.3) is 0 Å². The van der Waals surface area contributed by atoms with Crippen molar-refractivity contribution in [3.63, 3.8) is 0 Å². The van der Waals surface area contributed by atoms with Crippen molar-refractivity contribution in [2.45, 2.75) is 25.9 Å².